The van der Waals surface area contributed by atoms with Crippen molar-refractivity contribution in [2.75, 3.05) is 5.32 Å². The van der Waals surface area contributed by atoms with E-state index in [1.165, 1.54) is 18.2 Å². The first-order chi connectivity index (χ1) is 10.9. The van der Waals surface area contributed by atoms with Crippen LogP contribution in [-0.2, 0) is 14.4 Å². The van der Waals surface area contributed by atoms with Crippen molar-refractivity contribution in [3.05, 3.63) is 29.6 Å². The number of amides is 2. The predicted octanol–water partition coefficient (Wildman–Crippen LogP) is 1.62. The van der Waals surface area contributed by atoms with Gasteiger partial charge in [-0.1, -0.05) is 6.07 Å². The summed E-state index contributed by atoms with van der Waals surface area (Å²) in [5.74, 6) is -3.09. The zero-order chi connectivity index (χ0) is 16.6. The number of carboxylic acids is 1. The van der Waals surface area contributed by atoms with E-state index in [2.05, 4.69) is 10.6 Å². The van der Waals surface area contributed by atoms with E-state index in [9.17, 15) is 18.8 Å². The van der Waals surface area contributed by atoms with Gasteiger partial charge in [-0.2, -0.15) is 0 Å². The van der Waals surface area contributed by atoms with E-state index in [1.807, 2.05) is 0 Å². The molecule has 122 valence electrons. The molecule has 3 atom stereocenters. The molecule has 3 rings (SSSR count). The number of nitrogens with one attached hydrogen (secondary N) is 2. The average molecular weight is 320 g/mol. The van der Waals surface area contributed by atoms with Gasteiger partial charge in [-0.05, 0) is 37.0 Å². The second kappa shape index (κ2) is 5.98. The van der Waals surface area contributed by atoms with Gasteiger partial charge in [-0.25, -0.2) is 4.39 Å². The number of anilines is 1. The molecule has 1 fully saturated rings. The maximum absolute atomic E-state index is 13.3. The van der Waals surface area contributed by atoms with Crippen molar-refractivity contribution in [3.63, 3.8) is 0 Å². The van der Waals surface area contributed by atoms with Gasteiger partial charge < -0.3 is 15.7 Å². The van der Waals surface area contributed by atoms with Gasteiger partial charge in [0.2, 0.25) is 11.8 Å². The number of hydrogen-bond acceptors (Lipinski definition) is 3. The molecule has 1 aliphatic carbocycles. The Morgan fingerprint density at radius 1 is 1.30 bits per heavy atom. The number of fused-ring (bicyclic) bond motifs is 1. The summed E-state index contributed by atoms with van der Waals surface area (Å²) >= 11 is 0. The van der Waals surface area contributed by atoms with Crippen LogP contribution in [0.5, 0.6) is 0 Å². The van der Waals surface area contributed by atoms with Crippen molar-refractivity contribution in [2.45, 2.75) is 37.6 Å². The maximum atomic E-state index is 13.3. The zero-order valence-electron chi connectivity index (χ0n) is 12.3. The minimum Gasteiger partial charge on any atom is -0.481 e. The molecule has 1 unspecified atom stereocenters. The number of halogens is 1. The van der Waals surface area contributed by atoms with Crippen molar-refractivity contribution >= 4 is 23.5 Å². The lowest BCUT2D eigenvalue weighted by Gasteiger charge is -2.26. The molecular weight excluding hydrogens is 303 g/mol. The molecule has 2 amide bonds. The fourth-order valence-electron chi connectivity index (χ4n) is 3.31. The molecule has 1 aromatic carbocycles. The van der Waals surface area contributed by atoms with Crippen LogP contribution in [0.1, 0.15) is 37.2 Å². The lowest BCUT2D eigenvalue weighted by molar-refractivity contribution is -0.141. The van der Waals surface area contributed by atoms with Gasteiger partial charge in [-0.3, -0.25) is 14.4 Å². The van der Waals surface area contributed by atoms with E-state index < -0.39 is 23.6 Å². The van der Waals surface area contributed by atoms with Crippen LogP contribution < -0.4 is 10.6 Å². The zero-order valence-corrected chi connectivity index (χ0v) is 12.3. The van der Waals surface area contributed by atoms with Crippen LogP contribution in [0, 0.1) is 11.7 Å². The Morgan fingerprint density at radius 3 is 2.78 bits per heavy atom. The number of rotatable bonds is 3. The molecule has 0 radical (unpaired) electrons. The number of carboxylic acid groups (broad SMARTS) is 1. The standard InChI is InChI=1S/C16H17FN2O4/c17-9-2-4-11-12(7-14(20)19-13(11)6-9)15(21)18-10-3-1-8(5-10)16(22)23/h2,4,6,8,10,12H,1,3,5,7H2,(H,18,21)(H,19,20)(H,22,23)/t8-,10+,12?/m1/s1. The van der Waals surface area contributed by atoms with E-state index in [-0.39, 0.29) is 24.3 Å². The second-order valence-electron chi connectivity index (χ2n) is 6.09. The van der Waals surface area contributed by atoms with Gasteiger partial charge in [0.05, 0.1) is 11.8 Å². The van der Waals surface area contributed by atoms with E-state index in [1.54, 1.807) is 0 Å². The third kappa shape index (κ3) is 3.18. The average Bonchev–Trinajstić information content (AvgIpc) is 2.94. The molecule has 2 aliphatic rings. The number of benzene rings is 1. The summed E-state index contributed by atoms with van der Waals surface area (Å²) in [5, 5.41) is 14.4. The maximum Gasteiger partial charge on any atom is 0.306 e. The quantitative estimate of drug-likeness (QED) is 0.788. The first-order valence-corrected chi connectivity index (χ1v) is 7.56. The van der Waals surface area contributed by atoms with E-state index in [4.69, 9.17) is 5.11 Å². The summed E-state index contributed by atoms with van der Waals surface area (Å²) in [7, 11) is 0. The molecule has 0 saturated heterocycles. The lowest BCUT2D eigenvalue weighted by Crippen LogP contribution is -2.39. The topological polar surface area (TPSA) is 95.5 Å². The van der Waals surface area contributed by atoms with Gasteiger partial charge in [0.1, 0.15) is 5.82 Å². The highest BCUT2D eigenvalue weighted by Gasteiger charge is 2.35. The van der Waals surface area contributed by atoms with Crippen LogP contribution in [0.4, 0.5) is 10.1 Å². The Morgan fingerprint density at radius 2 is 2.09 bits per heavy atom. The predicted molar refractivity (Wildman–Crippen MR) is 79.3 cm³/mol. The molecule has 7 heteroatoms. The summed E-state index contributed by atoms with van der Waals surface area (Å²) in [4.78, 5) is 35.2. The van der Waals surface area contributed by atoms with Crippen LogP contribution in [0.2, 0.25) is 0 Å². The van der Waals surface area contributed by atoms with E-state index in [0.29, 0.717) is 30.5 Å². The van der Waals surface area contributed by atoms with Crippen molar-refractivity contribution in [1.29, 1.82) is 0 Å². The highest BCUT2D eigenvalue weighted by atomic mass is 19.1. The largest absolute Gasteiger partial charge is 0.481 e. The van der Waals surface area contributed by atoms with Gasteiger partial charge >= 0.3 is 5.97 Å². The van der Waals surface area contributed by atoms with E-state index in [0.717, 1.165) is 0 Å². The van der Waals surface area contributed by atoms with Crippen LogP contribution in [0.15, 0.2) is 18.2 Å². The molecule has 23 heavy (non-hydrogen) atoms. The third-order valence-corrected chi connectivity index (χ3v) is 4.50. The monoisotopic (exact) mass is 320 g/mol. The van der Waals surface area contributed by atoms with Gasteiger partial charge in [0, 0.05) is 18.2 Å². The number of carbonyl (C=O) groups excluding carboxylic acids is 2. The molecule has 1 heterocycles. The molecule has 0 aromatic heterocycles. The summed E-state index contributed by atoms with van der Waals surface area (Å²) < 4.78 is 13.3. The number of aliphatic carboxylic acids is 1. The van der Waals surface area contributed by atoms with Crippen LogP contribution in [-0.4, -0.2) is 28.9 Å². The summed E-state index contributed by atoms with van der Waals surface area (Å²) in [6.07, 6.45) is 1.54. The third-order valence-electron chi connectivity index (χ3n) is 4.50. The summed E-state index contributed by atoms with van der Waals surface area (Å²) in [5.41, 5.74) is 0.896. The molecule has 6 nitrogen and oxygen atoms in total. The van der Waals surface area contributed by atoms with Crippen molar-refractivity contribution in [1.82, 2.24) is 5.32 Å². The van der Waals surface area contributed by atoms with Crippen LogP contribution >= 0.6 is 0 Å². The summed E-state index contributed by atoms with van der Waals surface area (Å²) in [6.45, 7) is 0. The SMILES string of the molecule is O=C1CC(C(=O)N[C@H]2CC[C@@H](C(=O)O)C2)c2ccc(F)cc2N1. The van der Waals surface area contributed by atoms with Crippen molar-refractivity contribution < 1.29 is 23.9 Å². The van der Waals surface area contributed by atoms with E-state index >= 15 is 0 Å². The van der Waals surface area contributed by atoms with Crippen LogP contribution in [0.25, 0.3) is 0 Å². The van der Waals surface area contributed by atoms with Gasteiger partial charge in [0.15, 0.2) is 0 Å². The molecule has 1 aliphatic heterocycles. The van der Waals surface area contributed by atoms with Crippen molar-refractivity contribution in [3.8, 4) is 0 Å². The molecule has 1 aromatic rings. The number of hydrogen-bond donors (Lipinski definition) is 3. The Hall–Kier alpha value is -2.44. The number of carbonyl (C=O) groups is 3. The Balaban J connectivity index is 1.73. The summed E-state index contributed by atoms with van der Waals surface area (Å²) in [6, 6.07) is 3.76. The highest BCUT2D eigenvalue weighted by Crippen LogP contribution is 2.34. The molecule has 3 N–H and O–H groups in total. The molecular formula is C16H17FN2O4. The first kappa shape index (κ1) is 15.5. The fourth-order valence-corrected chi connectivity index (χ4v) is 3.31. The molecule has 0 spiro atoms. The normalized spacial score (nSPS) is 26.3. The van der Waals surface area contributed by atoms with Crippen LogP contribution in [0.3, 0.4) is 0 Å². The molecule has 1 saturated carbocycles. The minimum atomic E-state index is -0.848. The Bertz CT molecular complexity index is 676. The lowest BCUT2D eigenvalue weighted by atomic mass is 9.89. The second-order valence-corrected chi connectivity index (χ2v) is 6.09. The smallest absolute Gasteiger partial charge is 0.306 e. The fraction of sp³-hybridized carbons (Fsp3) is 0.438. The van der Waals surface area contributed by atoms with Gasteiger partial charge in [0.25, 0.3) is 0 Å². The van der Waals surface area contributed by atoms with Crippen molar-refractivity contribution in [2.24, 2.45) is 5.92 Å². The Kier molecular flexibility index (Phi) is 4.02. The first-order valence-electron chi connectivity index (χ1n) is 7.56. The van der Waals surface area contributed by atoms with Gasteiger partial charge in [-0.15, -0.1) is 0 Å². The molecule has 0 bridgehead atoms. The Labute approximate surface area is 132 Å². The highest BCUT2D eigenvalue weighted by molar-refractivity contribution is 6.01. The minimum absolute atomic E-state index is 0.000452.